The molecule has 0 radical (unpaired) electrons. The second-order valence-corrected chi connectivity index (χ2v) is 17.1. The van der Waals surface area contributed by atoms with Gasteiger partial charge in [-0.05, 0) is 95.0 Å². The number of hydrogen-bond donors (Lipinski definition) is 1. The van der Waals surface area contributed by atoms with Crippen LogP contribution in [0.1, 0.15) is 85.1 Å². The summed E-state index contributed by atoms with van der Waals surface area (Å²) in [6, 6.07) is 12.3. The fourth-order valence-electron chi connectivity index (χ4n) is 9.71. The van der Waals surface area contributed by atoms with Crippen molar-refractivity contribution in [3.8, 4) is 6.07 Å². The van der Waals surface area contributed by atoms with Crippen molar-refractivity contribution in [2.75, 3.05) is 46.4 Å². The summed E-state index contributed by atoms with van der Waals surface area (Å²) in [4.78, 5) is 44.7. The molecule has 6 aliphatic rings. The molecule has 1 aromatic rings. The maximum atomic E-state index is 13.6. The molecule has 3 amide bonds. The lowest BCUT2D eigenvalue weighted by atomic mass is 9.43. The Morgan fingerprint density at radius 1 is 1.08 bits per heavy atom. The molecule has 3 heterocycles. The number of carbonyl (C=O) groups excluding carboxylic acids is 3. The number of ether oxygens (including phenoxy) is 2. The first-order valence-electron chi connectivity index (χ1n) is 19.4. The number of hydrogen-bond acceptors (Lipinski definition) is 9. The summed E-state index contributed by atoms with van der Waals surface area (Å²) < 4.78 is 24.2. The number of piperazine rings is 1. The molecule has 2 bridgehead atoms. The molecular weight excluding hydrogens is 661 g/mol. The SMILES string of the molecule is COC(=O)N1CCN(C(C)(C)CCCC(C#N)C(=O)N2CCC[C@H](OC(=O)N[C@@H](Cc3ccccc3)B3O[C@@H]4C[C@@H]5C[C@@H](C5(C)C)[C@]4(C)O3)C2)CC1. The molecule has 52 heavy (non-hydrogen) atoms. The number of methoxy groups -OCH3 is 1. The Bertz CT molecular complexity index is 1480. The zero-order valence-electron chi connectivity index (χ0n) is 32.0. The van der Waals surface area contributed by atoms with Gasteiger partial charge in [0.05, 0.1) is 37.4 Å². The van der Waals surface area contributed by atoms with E-state index in [4.69, 9.17) is 18.8 Å². The molecule has 3 saturated heterocycles. The van der Waals surface area contributed by atoms with Crippen LogP contribution in [0, 0.1) is 34.5 Å². The number of amides is 3. The molecule has 13 heteroatoms. The summed E-state index contributed by atoms with van der Waals surface area (Å²) in [7, 11) is 0.796. The minimum atomic E-state index is -0.757. The molecule has 7 rings (SSSR count). The van der Waals surface area contributed by atoms with Crippen LogP contribution in [-0.2, 0) is 30.0 Å². The lowest BCUT2D eigenvalue weighted by Gasteiger charge is -2.64. The zero-order valence-corrected chi connectivity index (χ0v) is 32.0. The zero-order chi connectivity index (χ0) is 37.3. The van der Waals surface area contributed by atoms with Crippen molar-refractivity contribution < 1.29 is 33.2 Å². The number of carbonyl (C=O) groups is 3. The minimum absolute atomic E-state index is 0.00815. The maximum Gasteiger partial charge on any atom is 0.482 e. The first-order valence-corrected chi connectivity index (χ1v) is 19.4. The first-order chi connectivity index (χ1) is 24.7. The molecule has 12 nitrogen and oxygen atoms in total. The molecule has 0 spiro atoms. The van der Waals surface area contributed by atoms with Crippen molar-refractivity contribution >= 4 is 25.2 Å². The highest BCUT2D eigenvalue weighted by atomic mass is 16.7. The van der Waals surface area contributed by atoms with E-state index in [0.29, 0.717) is 57.2 Å². The molecule has 1 aromatic carbocycles. The van der Waals surface area contributed by atoms with Crippen molar-refractivity contribution in [3.63, 3.8) is 0 Å². The van der Waals surface area contributed by atoms with E-state index in [1.807, 2.05) is 30.3 Å². The molecule has 3 saturated carbocycles. The third-order valence-electron chi connectivity index (χ3n) is 13.2. The largest absolute Gasteiger partial charge is 0.482 e. The van der Waals surface area contributed by atoms with Gasteiger partial charge in [-0.15, -0.1) is 0 Å². The monoisotopic (exact) mass is 719 g/mol. The minimum Gasteiger partial charge on any atom is -0.453 e. The maximum absolute atomic E-state index is 13.6. The molecule has 284 valence electrons. The van der Waals surface area contributed by atoms with Gasteiger partial charge < -0.3 is 33.9 Å². The van der Waals surface area contributed by atoms with E-state index >= 15 is 0 Å². The van der Waals surface area contributed by atoms with Gasteiger partial charge in [0.2, 0.25) is 5.91 Å². The molecule has 7 atom stereocenters. The third kappa shape index (κ3) is 7.95. The summed E-state index contributed by atoms with van der Waals surface area (Å²) >= 11 is 0. The lowest BCUT2D eigenvalue weighted by molar-refractivity contribution is -0.199. The van der Waals surface area contributed by atoms with Gasteiger partial charge in [-0.2, -0.15) is 5.26 Å². The number of benzene rings is 1. The van der Waals surface area contributed by atoms with Crippen molar-refractivity contribution in [3.05, 3.63) is 35.9 Å². The number of likely N-dealkylation sites (tertiary alicyclic amines) is 1. The summed E-state index contributed by atoms with van der Waals surface area (Å²) in [6.07, 6.45) is 4.63. The van der Waals surface area contributed by atoms with Crippen LogP contribution in [-0.4, -0.2) is 116 Å². The van der Waals surface area contributed by atoms with Crippen LogP contribution in [0.15, 0.2) is 30.3 Å². The first kappa shape index (κ1) is 38.4. The van der Waals surface area contributed by atoms with Crippen LogP contribution in [0.3, 0.4) is 0 Å². The number of nitrogens with one attached hydrogen (secondary N) is 1. The Kier molecular flexibility index (Phi) is 11.5. The van der Waals surface area contributed by atoms with Crippen LogP contribution in [0.25, 0.3) is 0 Å². The van der Waals surface area contributed by atoms with Crippen LogP contribution >= 0.6 is 0 Å². The van der Waals surface area contributed by atoms with E-state index < -0.39 is 36.8 Å². The number of rotatable bonds is 11. The fraction of sp³-hybridized carbons (Fsp3) is 0.744. The number of alkyl carbamates (subject to hydrolysis) is 1. The van der Waals surface area contributed by atoms with Gasteiger partial charge >= 0.3 is 19.3 Å². The Morgan fingerprint density at radius 3 is 2.48 bits per heavy atom. The molecule has 0 aromatic heterocycles. The smallest absolute Gasteiger partial charge is 0.453 e. The Morgan fingerprint density at radius 2 is 1.81 bits per heavy atom. The van der Waals surface area contributed by atoms with Gasteiger partial charge in [0.1, 0.15) is 12.0 Å². The lowest BCUT2D eigenvalue weighted by Crippen LogP contribution is -2.65. The second kappa shape index (κ2) is 15.6. The predicted octanol–water partition coefficient (Wildman–Crippen LogP) is 5.06. The predicted molar refractivity (Wildman–Crippen MR) is 196 cm³/mol. The van der Waals surface area contributed by atoms with Crippen molar-refractivity contribution in [1.82, 2.24) is 20.0 Å². The average molecular weight is 720 g/mol. The van der Waals surface area contributed by atoms with E-state index in [-0.39, 0.29) is 35.6 Å². The summed E-state index contributed by atoms with van der Waals surface area (Å²) in [6.45, 7) is 14.7. The second-order valence-electron chi connectivity index (χ2n) is 17.1. The van der Waals surface area contributed by atoms with Crippen molar-refractivity contribution in [2.45, 2.75) is 115 Å². The summed E-state index contributed by atoms with van der Waals surface area (Å²) in [5.74, 6) is -0.388. The molecule has 1 N–H and O–H groups in total. The van der Waals surface area contributed by atoms with Gasteiger partial charge in [0.15, 0.2) is 0 Å². The molecule has 1 unspecified atom stereocenters. The van der Waals surface area contributed by atoms with Crippen LogP contribution in [0.2, 0.25) is 0 Å². The van der Waals surface area contributed by atoms with E-state index in [1.54, 1.807) is 9.80 Å². The fourth-order valence-corrected chi connectivity index (χ4v) is 9.71. The van der Waals surface area contributed by atoms with E-state index in [1.165, 1.54) is 7.11 Å². The topological polar surface area (TPSA) is 134 Å². The van der Waals surface area contributed by atoms with Gasteiger partial charge in [-0.3, -0.25) is 9.69 Å². The number of nitrogens with zero attached hydrogens (tertiary/aromatic N) is 4. The highest BCUT2D eigenvalue weighted by molar-refractivity contribution is 6.47. The normalized spacial score (nSPS) is 29.6. The van der Waals surface area contributed by atoms with Crippen molar-refractivity contribution in [2.24, 2.45) is 23.2 Å². The molecular formula is C39H58BN5O7. The van der Waals surface area contributed by atoms with Gasteiger partial charge in [-0.1, -0.05) is 44.2 Å². The number of nitriles is 1. The standard InChI is InChI=1S/C39H58BN5O7/c1-37(2,45-20-18-43(19-21-45)36(48)49-6)16-10-14-28(25-41)34(46)44-17-11-15-30(26-44)50-35(47)42-33(22-27-12-8-7-9-13-27)40-51-32-24-29-23-31(38(29,3)4)39(32,5)52-40/h7-9,12-13,28-33H,10-11,14-24,26H2,1-6H3,(H,42,47)/t28?,29-,30-,31-,32+,33-,39-/m0/s1. The Labute approximate surface area is 309 Å². The Hall–Kier alpha value is -3.34. The van der Waals surface area contributed by atoms with E-state index in [9.17, 15) is 19.6 Å². The van der Waals surface area contributed by atoms with Crippen LogP contribution < -0.4 is 5.32 Å². The highest BCUT2D eigenvalue weighted by Crippen LogP contribution is 2.65. The Balaban J connectivity index is 1.01. The third-order valence-corrected chi connectivity index (χ3v) is 13.2. The van der Waals surface area contributed by atoms with Gasteiger partial charge in [0, 0.05) is 38.3 Å². The van der Waals surface area contributed by atoms with Crippen LogP contribution in [0.4, 0.5) is 9.59 Å². The summed E-state index contributed by atoms with van der Waals surface area (Å²) in [5, 5.41) is 13.1. The summed E-state index contributed by atoms with van der Waals surface area (Å²) in [5.41, 5.74) is 0.732. The quantitative estimate of drug-likeness (QED) is 0.312. The molecule has 3 aliphatic carbocycles. The highest BCUT2D eigenvalue weighted by Gasteiger charge is 2.68. The van der Waals surface area contributed by atoms with Gasteiger partial charge in [-0.25, -0.2) is 9.59 Å². The van der Waals surface area contributed by atoms with Gasteiger partial charge in [0.25, 0.3) is 0 Å². The average Bonchev–Trinajstić information content (AvgIpc) is 3.50. The van der Waals surface area contributed by atoms with E-state index in [2.05, 4.69) is 50.9 Å². The van der Waals surface area contributed by atoms with E-state index in [0.717, 1.165) is 44.3 Å². The molecule has 6 fully saturated rings. The number of piperidine rings is 1. The molecule has 3 aliphatic heterocycles. The van der Waals surface area contributed by atoms with Crippen LogP contribution in [0.5, 0.6) is 0 Å². The van der Waals surface area contributed by atoms with Crippen molar-refractivity contribution in [1.29, 1.82) is 5.26 Å².